The van der Waals surface area contributed by atoms with Gasteiger partial charge in [0.2, 0.25) is 0 Å². The van der Waals surface area contributed by atoms with Gasteiger partial charge in [0, 0.05) is 6.61 Å². The van der Waals surface area contributed by atoms with Crippen LogP contribution in [-0.4, -0.2) is 12.4 Å². The number of ether oxygens (including phenoxy) is 1. The van der Waals surface area contributed by atoms with E-state index in [2.05, 4.69) is 18.2 Å². The maximum absolute atomic E-state index is 11.4. The van der Waals surface area contributed by atoms with Gasteiger partial charge in [-0.1, -0.05) is 36.4 Å². The topological polar surface area (TPSA) is 26.3 Å². The van der Waals surface area contributed by atoms with Gasteiger partial charge < -0.3 is 4.74 Å². The Morgan fingerprint density at radius 3 is 2.84 bits per heavy atom. The lowest BCUT2D eigenvalue weighted by Crippen LogP contribution is -2.13. The molecule has 2 rings (SSSR count). The third kappa shape index (κ3) is 4.64. The van der Waals surface area contributed by atoms with Crippen LogP contribution in [0.5, 0.6) is 0 Å². The summed E-state index contributed by atoms with van der Waals surface area (Å²) in [4.78, 5) is 11.4. The molecule has 2 heteroatoms. The van der Waals surface area contributed by atoms with E-state index in [0.717, 1.165) is 31.4 Å². The van der Waals surface area contributed by atoms with Crippen molar-refractivity contribution in [3.05, 3.63) is 47.5 Å². The first-order valence-electron chi connectivity index (χ1n) is 7.07. The second-order valence-electron chi connectivity index (χ2n) is 5.26. The zero-order valence-electron chi connectivity index (χ0n) is 11.6. The van der Waals surface area contributed by atoms with Gasteiger partial charge in [0.1, 0.15) is 0 Å². The monoisotopic (exact) mass is 258 g/mol. The third-order valence-corrected chi connectivity index (χ3v) is 3.71. The Bertz CT molecular complexity index is 434. The van der Waals surface area contributed by atoms with E-state index >= 15 is 0 Å². The molecule has 1 aliphatic carbocycles. The van der Waals surface area contributed by atoms with Crippen LogP contribution in [0.1, 0.15) is 38.2 Å². The highest BCUT2D eigenvalue weighted by atomic mass is 16.5. The minimum absolute atomic E-state index is 0.231. The molecule has 1 unspecified atom stereocenters. The molecule has 0 heterocycles. The van der Waals surface area contributed by atoms with Gasteiger partial charge in [-0.2, -0.15) is 0 Å². The number of hydrogen-bond acceptors (Lipinski definition) is 2. The molecule has 0 radical (unpaired) electrons. The summed E-state index contributed by atoms with van der Waals surface area (Å²) in [6.07, 6.45) is 6.31. The molecule has 1 atom stereocenters. The highest BCUT2D eigenvalue weighted by molar-refractivity contribution is 5.93. The normalized spacial score (nSPS) is 19.0. The number of Topliss-reactive ketones (excluding diaryl/α,β-unsaturated/α-hetero) is 1. The Morgan fingerprint density at radius 2 is 2.11 bits per heavy atom. The number of carbonyl (C=O) groups excluding carboxylic acids is 1. The number of benzene rings is 1. The smallest absolute Gasteiger partial charge is 0.155 e. The average molecular weight is 258 g/mol. The lowest BCUT2D eigenvalue weighted by molar-refractivity contribution is -0.114. The standard InChI is InChI=1S/C17H22O2/c1-14(18)17-9-5-8-15(12-17)10-11-19-13-16-6-3-2-4-7-16/h2-4,6-7,9,15H,5,8,10-13H2,1H3. The summed E-state index contributed by atoms with van der Waals surface area (Å²) in [6.45, 7) is 3.13. The van der Waals surface area contributed by atoms with E-state index in [4.69, 9.17) is 4.74 Å². The maximum atomic E-state index is 11.4. The van der Waals surface area contributed by atoms with Gasteiger partial charge in [0.25, 0.3) is 0 Å². The quantitative estimate of drug-likeness (QED) is 0.723. The van der Waals surface area contributed by atoms with Crippen molar-refractivity contribution >= 4 is 5.78 Å². The Morgan fingerprint density at radius 1 is 1.32 bits per heavy atom. The number of rotatable bonds is 6. The van der Waals surface area contributed by atoms with Crippen LogP contribution in [-0.2, 0) is 16.1 Å². The second-order valence-corrected chi connectivity index (χ2v) is 5.26. The fraction of sp³-hybridized carbons (Fsp3) is 0.471. The van der Waals surface area contributed by atoms with Crippen molar-refractivity contribution in [1.29, 1.82) is 0 Å². The van der Waals surface area contributed by atoms with Crippen LogP contribution in [0, 0.1) is 5.92 Å². The van der Waals surface area contributed by atoms with Crippen LogP contribution in [0.4, 0.5) is 0 Å². The van der Waals surface area contributed by atoms with E-state index in [-0.39, 0.29) is 5.78 Å². The molecule has 0 amide bonds. The number of hydrogen-bond donors (Lipinski definition) is 0. The Balaban J connectivity index is 1.67. The minimum atomic E-state index is 0.231. The number of allylic oxidation sites excluding steroid dienone is 2. The van der Waals surface area contributed by atoms with Crippen molar-refractivity contribution in [2.75, 3.05) is 6.61 Å². The molecule has 1 aromatic rings. The van der Waals surface area contributed by atoms with Gasteiger partial charge in [-0.15, -0.1) is 0 Å². The fourth-order valence-electron chi connectivity index (χ4n) is 2.54. The summed E-state index contributed by atoms with van der Waals surface area (Å²) in [6, 6.07) is 10.2. The SMILES string of the molecule is CC(=O)C1=CCCC(CCOCc2ccccc2)C1. The van der Waals surface area contributed by atoms with Gasteiger partial charge in [-0.05, 0) is 49.7 Å². The lowest BCUT2D eigenvalue weighted by atomic mass is 9.85. The Hall–Kier alpha value is -1.41. The van der Waals surface area contributed by atoms with Crippen LogP contribution in [0.2, 0.25) is 0 Å². The van der Waals surface area contributed by atoms with E-state index in [1.54, 1.807) is 6.92 Å². The molecule has 0 aliphatic heterocycles. The molecule has 0 spiro atoms. The molecule has 0 saturated carbocycles. The van der Waals surface area contributed by atoms with Crippen molar-refractivity contribution < 1.29 is 9.53 Å². The lowest BCUT2D eigenvalue weighted by Gasteiger charge is -2.21. The summed E-state index contributed by atoms with van der Waals surface area (Å²) in [7, 11) is 0. The summed E-state index contributed by atoms with van der Waals surface area (Å²) < 4.78 is 5.71. The largest absolute Gasteiger partial charge is 0.377 e. The van der Waals surface area contributed by atoms with Gasteiger partial charge in [-0.25, -0.2) is 0 Å². The van der Waals surface area contributed by atoms with E-state index in [0.29, 0.717) is 12.5 Å². The van der Waals surface area contributed by atoms with E-state index in [9.17, 15) is 4.79 Å². The maximum Gasteiger partial charge on any atom is 0.155 e. The molecule has 0 bridgehead atoms. The highest BCUT2D eigenvalue weighted by Crippen LogP contribution is 2.27. The minimum Gasteiger partial charge on any atom is -0.377 e. The molecular formula is C17H22O2. The van der Waals surface area contributed by atoms with E-state index in [1.807, 2.05) is 18.2 Å². The predicted molar refractivity (Wildman–Crippen MR) is 76.8 cm³/mol. The molecule has 0 aromatic heterocycles. The van der Waals surface area contributed by atoms with Gasteiger partial charge >= 0.3 is 0 Å². The van der Waals surface area contributed by atoms with Crippen LogP contribution in [0.15, 0.2) is 42.0 Å². The van der Waals surface area contributed by atoms with Crippen molar-refractivity contribution in [3.8, 4) is 0 Å². The van der Waals surface area contributed by atoms with Crippen molar-refractivity contribution in [2.45, 2.75) is 39.2 Å². The first-order valence-corrected chi connectivity index (χ1v) is 7.07. The zero-order valence-corrected chi connectivity index (χ0v) is 11.6. The first-order chi connectivity index (χ1) is 9.25. The molecule has 2 nitrogen and oxygen atoms in total. The van der Waals surface area contributed by atoms with Gasteiger partial charge in [0.05, 0.1) is 6.61 Å². The molecule has 1 aliphatic rings. The van der Waals surface area contributed by atoms with Crippen molar-refractivity contribution in [1.82, 2.24) is 0 Å². The second kappa shape index (κ2) is 7.25. The highest BCUT2D eigenvalue weighted by Gasteiger charge is 2.17. The summed E-state index contributed by atoms with van der Waals surface area (Å²) in [5, 5.41) is 0. The molecule has 1 aromatic carbocycles. The molecule has 0 N–H and O–H groups in total. The van der Waals surface area contributed by atoms with Crippen LogP contribution in [0.3, 0.4) is 0 Å². The molecule has 19 heavy (non-hydrogen) atoms. The average Bonchev–Trinajstić information content (AvgIpc) is 2.45. The van der Waals surface area contributed by atoms with Crippen LogP contribution < -0.4 is 0 Å². The number of ketones is 1. The molecule has 102 valence electrons. The van der Waals surface area contributed by atoms with E-state index < -0.39 is 0 Å². The third-order valence-electron chi connectivity index (χ3n) is 3.71. The van der Waals surface area contributed by atoms with E-state index in [1.165, 1.54) is 12.0 Å². The summed E-state index contributed by atoms with van der Waals surface area (Å²) in [5.41, 5.74) is 2.23. The van der Waals surface area contributed by atoms with Crippen molar-refractivity contribution in [2.24, 2.45) is 5.92 Å². The zero-order chi connectivity index (χ0) is 13.5. The summed E-state index contributed by atoms with van der Waals surface area (Å²) in [5.74, 6) is 0.842. The molecule has 0 saturated heterocycles. The van der Waals surface area contributed by atoms with Gasteiger partial charge in [0.15, 0.2) is 5.78 Å². The predicted octanol–water partition coefficient (Wildman–Crippen LogP) is 3.91. The Kier molecular flexibility index (Phi) is 5.34. The first kappa shape index (κ1) is 14.0. The van der Waals surface area contributed by atoms with Gasteiger partial charge in [-0.3, -0.25) is 4.79 Å². The Labute approximate surface area is 115 Å². The van der Waals surface area contributed by atoms with Crippen LogP contribution in [0.25, 0.3) is 0 Å². The number of carbonyl (C=O) groups is 1. The molecular weight excluding hydrogens is 236 g/mol. The molecule has 0 fully saturated rings. The van der Waals surface area contributed by atoms with Crippen LogP contribution >= 0.6 is 0 Å². The summed E-state index contributed by atoms with van der Waals surface area (Å²) >= 11 is 0. The van der Waals surface area contributed by atoms with Crippen molar-refractivity contribution in [3.63, 3.8) is 0 Å². The fourth-order valence-corrected chi connectivity index (χ4v) is 2.54.